The minimum absolute atomic E-state index is 0.268. The van der Waals surface area contributed by atoms with Gasteiger partial charge in [0.15, 0.2) is 0 Å². The molecular weight excluding hydrogens is 266 g/mol. The van der Waals surface area contributed by atoms with E-state index >= 15 is 0 Å². The molecule has 0 aliphatic carbocycles. The highest BCUT2D eigenvalue weighted by Gasteiger charge is 2.17. The first-order valence-electron chi connectivity index (χ1n) is 5.65. The molecule has 1 rings (SSSR count). The summed E-state index contributed by atoms with van der Waals surface area (Å²) >= 11 is 3.49. The van der Waals surface area contributed by atoms with Crippen LogP contribution in [-0.4, -0.2) is 26.3 Å². The highest BCUT2D eigenvalue weighted by molar-refractivity contribution is 9.10. The van der Waals surface area contributed by atoms with E-state index in [1.165, 1.54) is 5.56 Å². The van der Waals surface area contributed by atoms with Gasteiger partial charge in [-0.05, 0) is 37.6 Å². The molecule has 1 aromatic carbocycles. The predicted molar refractivity (Wildman–Crippen MR) is 71.8 cm³/mol. The van der Waals surface area contributed by atoms with Crippen LogP contribution in [0.4, 0.5) is 0 Å². The fourth-order valence-corrected chi connectivity index (χ4v) is 2.40. The maximum absolute atomic E-state index is 5.48. The average Bonchev–Trinajstić information content (AvgIpc) is 2.29. The van der Waals surface area contributed by atoms with Crippen molar-refractivity contribution in [2.45, 2.75) is 31.9 Å². The van der Waals surface area contributed by atoms with Crippen LogP contribution >= 0.6 is 15.9 Å². The zero-order valence-corrected chi connectivity index (χ0v) is 11.8. The molecule has 0 radical (unpaired) electrons. The number of methoxy groups -OCH3 is 1. The molecule has 0 heterocycles. The minimum atomic E-state index is 0.268. The van der Waals surface area contributed by atoms with Crippen molar-refractivity contribution in [3.8, 4) is 0 Å². The second-order valence-electron chi connectivity index (χ2n) is 3.91. The molecule has 0 saturated carbocycles. The quantitative estimate of drug-likeness (QED) is 0.868. The Balaban J connectivity index is 2.69. The van der Waals surface area contributed by atoms with E-state index in [0.717, 1.165) is 17.3 Å². The van der Waals surface area contributed by atoms with Crippen molar-refractivity contribution in [3.05, 3.63) is 34.3 Å². The van der Waals surface area contributed by atoms with Gasteiger partial charge in [0, 0.05) is 17.6 Å². The minimum Gasteiger partial charge on any atom is -0.380 e. The second-order valence-corrected chi connectivity index (χ2v) is 4.83. The largest absolute Gasteiger partial charge is 0.380 e. The van der Waals surface area contributed by atoms with Crippen molar-refractivity contribution < 1.29 is 4.74 Å². The molecule has 0 bridgehead atoms. The summed E-state index contributed by atoms with van der Waals surface area (Å²) in [6.07, 6.45) is 2.28. The molecule has 1 N–H and O–H groups in total. The van der Waals surface area contributed by atoms with Gasteiger partial charge >= 0.3 is 0 Å². The van der Waals surface area contributed by atoms with E-state index in [1.807, 2.05) is 13.1 Å². The summed E-state index contributed by atoms with van der Waals surface area (Å²) in [6.45, 7) is 2.15. The second kappa shape index (κ2) is 7.05. The predicted octanol–water partition coefficient (Wildman–Crippen LogP) is 3.00. The smallest absolute Gasteiger partial charge is 0.0724 e. The van der Waals surface area contributed by atoms with E-state index in [2.05, 4.69) is 46.4 Å². The van der Waals surface area contributed by atoms with Crippen LogP contribution < -0.4 is 5.32 Å². The first-order chi connectivity index (χ1) is 7.71. The Bertz CT molecular complexity index is 313. The first kappa shape index (κ1) is 13.7. The molecule has 0 fully saturated rings. The van der Waals surface area contributed by atoms with Gasteiger partial charge in [0.05, 0.1) is 6.10 Å². The molecule has 3 heteroatoms. The van der Waals surface area contributed by atoms with Crippen LogP contribution in [-0.2, 0) is 11.2 Å². The Morgan fingerprint density at radius 1 is 1.44 bits per heavy atom. The zero-order chi connectivity index (χ0) is 12.0. The standard InChI is InChI=1S/C13H20BrNO/c1-4-13(16-3)12(15-2)9-10-6-5-7-11(14)8-10/h5-8,12-13,15H,4,9H2,1-3H3. The monoisotopic (exact) mass is 285 g/mol. The Labute approximate surface area is 107 Å². The number of halogens is 1. The van der Waals surface area contributed by atoms with Gasteiger partial charge < -0.3 is 10.1 Å². The van der Waals surface area contributed by atoms with E-state index in [9.17, 15) is 0 Å². The van der Waals surface area contributed by atoms with Crippen molar-refractivity contribution in [1.82, 2.24) is 5.32 Å². The Kier molecular flexibility index (Phi) is 6.03. The molecule has 0 amide bonds. The van der Waals surface area contributed by atoms with Crippen LogP contribution in [0.15, 0.2) is 28.7 Å². The molecule has 2 nitrogen and oxygen atoms in total. The third kappa shape index (κ3) is 3.89. The van der Waals surface area contributed by atoms with Crippen LogP contribution in [0.25, 0.3) is 0 Å². The molecule has 16 heavy (non-hydrogen) atoms. The van der Waals surface area contributed by atoms with E-state index < -0.39 is 0 Å². The Hall–Kier alpha value is -0.380. The molecular formula is C13H20BrNO. The summed E-state index contributed by atoms with van der Waals surface area (Å²) in [5.74, 6) is 0. The fourth-order valence-electron chi connectivity index (χ4n) is 1.95. The Morgan fingerprint density at radius 3 is 2.69 bits per heavy atom. The summed E-state index contributed by atoms with van der Waals surface area (Å²) in [5.41, 5.74) is 1.32. The first-order valence-corrected chi connectivity index (χ1v) is 6.45. The summed E-state index contributed by atoms with van der Waals surface area (Å²) in [4.78, 5) is 0. The summed E-state index contributed by atoms with van der Waals surface area (Å²) in [6, 6.07) is 8.79. The van der Waals surface area contributed by atoms with Crippen LogP contribution in [0.5, 0.6) is 0 Å². The third-order valence-corrected chi connectivity index (χ3v) is 3.36. The topological polar surface area (TPSA) is 21.3 Å². The number of rotatable bonds is 6. The molecule has 2 unspecified atom stereocenters. The van der Waals surface area contributed by atoms with Gasteiger partial charge in [-0.3, -0.25) is 0 Å². The van der Waals surface area contributed by atoms with Crippen molar-refractivity contribution in [2.75, 3.05) is 14.2 Å². The molecule has 90 valence electrons. The molecule has 0 aliphatic heterocycles. The average molecular weight is 286 g/mol. The van der Waals surface area contributed by atoms with Gasteiger partial charge in [0.25, 0.3) is 0 Å². The summed E-state index contributed by atoms with van der Waals surface area (Å²) in [7, 11) is 3.77. The fraction of sp³-hybridized carbons (Fsp3) is 0.538. The van der Waals surface area contributed by atoms with E-state index in [0.29, 0.717) is 6.04 Å². The zero-order valence-electron chi connectivity index (χ0n) is 10.2. The van der Waals surface area contributed by atoms with E-state index in [-0.39, 0.29) is 6.10 Å². The number of nitrogens with one attached hydrogen (secondary N) is 1. The van der Waals surface area contributed by atoms with Gasteiger partial charge in [-0.15, -0.1) is 0 Å². The normalized spacial score (nSPS) is 14.8. The lowest BCUT2D eigenvalue weighted by atomic mass is 10.00. The van der Waals surface area contributed by atoms with Gasteiger partial charge in [-0.2, -0.15) is 0 Å². The maximum Gasteiger partial charge on any atom is 0.0724 e. The molecule has 0 aromatic heterocycles. The Morgan fingerprint density at radius 2 is 2.19 bits per heavy atom. The molecule has 0 saturated heterocycles. The van der Waals surface area contributed by atoms with Crippen molar-refractivity contribution >= 4 is 15.9 Å². The SMILES string of the molecule is CCC(OC)C(Cc1cccc(Br)c1)NC. The number of hydrogen-bond donors (Lipinski definition) is 1. The highest BCUT2D eigenvalue weighted by Crippen LogP contribution is 2.15. The lowest BCUT2D eigenvalue weighted by Crippen LogP contribution is -2.40. The molecule has 0 spiro atoms. The van der Waals surface area contributed by atoms with Crippen molar-refractivity contribution in [3.63, 3.8) is 0 Å². The molecule has 2 atom stereocenters. The van der Waals surface area contributed by atoms with Crippen molar-refractivity contribution in [2.24, 2.45) is 0 Å². The van der Waals surface area contributed by atoms with Gasteiger partial charge in [-0.1, -0.05) is 35.0 Å². The number of ether oxygens (including phenoxy) is 1. The van der Waals surface area contributed by atoms with E-state index in [1.54, 1.807) is 7.11 Å². The van der Waals surface area contributed by atoms with Crippen LogP contribution in [0.2, 0.25) is 0 Å². The summed E-state index contributed by atoms with van der Waals surface area (Å²) < 4.78 is 6.61. The number of likely N-dealkylation sites (N-methyl/N-ethyl adjacent to an activating group) is 1. The molecule has 1 aromatic rings. The molecule has 0 aliphatic rings. The number of benzene rings is 1. The van der Waals surface area contributed by atoms with Crippen LogP contribution in [0.3, 0.4) is 0 Å². The lowest BCUT2D eigenvalue weighted by molar-refractivity contribution is 0.0678. The summed E-state index contributed by atoms with van der Waals surface area (Å²) in [5, 5.41) is 3.33. The lowest BCUT2D eigenvalue weighted by Gasteiger charge is -2.24. The van der Waals surface area contributed by atoms with Gasteiger partial charge in [0.2, 0.25) is 0 Å². The van der Waals surface area contributed by atoms with Crippen molar-refractivity contribution in [1.29, 1.82) is 0 Å². The van der Waals surface area contributed by atoms with Crippen LogP contribution in [0.1, 0.15) is 18.9 Å². The maximum atomic E-state index is 5.48. The van der Waals surface area contributed by atoms with Gasteiger partial charge in [-0.25, -0.2) is 0 Å². The number of hydrogen-bond acceptors (Lipinski definition) is 2. The third-order valence-electron chi connectivity index (χ3n) is 2.87. The van der Waals surface area contributed by atoms with E-state index in [4.69, 9.17) is 4.74 Å². The van der Waals surface area contributed by atoms with Gasteiger partial charge in [0.1, 0.15) is 0 Å². The highest BCUT2D eigenvalue weighted by atomic mass is 79.9. The van der Waals surface area contributed by atoms with Crippen LogP contribution in [0, 0.1) is 0 Å².